The lowest BCUT2D eigenvalue weighted by Gasteiger charge is -2.55. The highest BCUT2D eigenvalue weighted by Crippen LogP contribution is 2.51. The number of nitrogens with one attached hydrogen (secondary N) is 1. The van der Waals surface area contributed by atoms with Crippen molar-refractivity contribution in [1.82, 2.24) is 20.3 Å². The molecule has 2 aromatic rings. The number of nitrogens with two attached hydrogens (primary N) is 1. The Balaban J connectivity index is 0.00000210. The molecule has 1 amide bonds. The molecule has 2 aliphatic rings. The highest BCUT2D eigenvalue weighted by atomic mass is 35.5. The number of amides is 1. The van der Waals surface area contributed by atoms with E-state index in [0.29, 0.717) is 17.4 Å². The van der Waals surface area contributed by atoms with Gasteiger partial charge in [-0.2, -0.15) is 15.4 Å². The molecule has 7 nitrogen and oxygen atoms in total. The fraction of sp³-hybridized carbons (Fsp3) is 0.526. The van der Waals surface area contributed by atoms with Crippen LogP contribution in [0.2, 0.25) is 0 Å². The van der Waals surface area contributed by atoms with Crippen molar-refractivity contribution < 1.29 is 9.53 Å². The van der Waals surface area contributed by atoms with E-state index in [2.05, 4.69) is 26.4 Å². The summed E-state index contributed by atoms with van der Waals surface area (Å²) in [5, 5.41) is 10.8. The molecule has 4 rings (SSSR count). The van der Waals surface area contributed by atoms with Crippen molar-refractivity contribution in [3.8, 4) is 0 Å². The molecular weight excluding hydrogens is 366 g/mol. The summed E-state index contributed by atoms with van der Waals surface area (Å²) in [4.78, 5) is 14.1. The number of benzene rings is 1. The zero-order chi connectivity index (χ0) is 18.1. The number of methoxy groups -OCH3 is 1. The monoisotopic (exact) mass is 391 g/mol. The van der Waals surface area contributed by atoms with Crippen LogP contribution in [0.4, 0.5) is 0 Å². The van der Waals surface area contributed by atoms with Gasteiger partial charge in [0.25, 0.3) is 0 Å². The molecule has 1 aliphatic heterocycles. The second-order valence-electron chi connectivity index (χ2n) is 7.42. The highest BCUT2D eigenvalue weighted by Gasteiger charge is 2.53. The number of halogens is 1. The van der Waals surface area contributed by atoms with Crippen LogP contribution in [0.5, 0.6) is 0 Å². The number of aromatic amines is 1. The van der Waals surface area contributed by atoms with E-state index in [1.54, 1.807) is 19.4 Å². The number of piperidine rings is 1. The summed E-state index contributed by atoms with van der Waals surface area (Å²) in [5.41, 5.74) is 7.73. The first-order chi connectivity index (χ1) is 12.6. The summed E-state index contributed by atoms with van der Waals surface area (Å²) in [6.07, 6.45) is 5.22. The van der Waals surface area contributed by atoms with E-state index >= 15 is 0 Å². The topological polar surface area (TPSA) is 97.1 Å². The Hall–Kier alpha value is -1.96. The van der Waals surface area contributed by atoms with Crippen molar-refractivity contribution in [2.45, 2.75) is 31.4 Å². The first-order valence-electron chi connectivity index (χ1n) is 9.16. The van der Waals surface area contributed by atoms with Crippen LogP contribution >= 0.6 is 12.4 Å². The van der Waals surface area contributed by atoms with E-state index in [4.69, 9.17) is 10.5 Å². The van der Waals surface area contributed by atoms with E-state index in [-0.39, 0.29) is 18.0 Å². The molecule has 1 unspecified atom stereocenters. The summed E-state index contributed by atoms with van der Waals surface area (Å²) < 4.78 is 6.24. The number of carbonyl (C=O) groups is 1. The van der Waals surface area contributed by atoms with Crippen LogP contribution in [0.3, 0.4) is 0 Å². The molecule has 1 aromatic heterocycles. The Morgan fingerprint density at radius 2 is 2.11 bits per heavy atom. The molecule has 146 valence electrons. The number of hydrogen-bond acceptors (Lipinski definition) is 5. The number of hydrogen-bond donors (Lipinski definition) is 2. The predicted octanol–water partition coefficient (Wildman–Crippen LogP) is 2.10. The molecule has 3 atom stereocenters. The third kappa shape index (κ3) is 3.47. The van der Waals surface area contributed by atoms with Crippen molar-refractivity contribution in [3.63, 3.8) is 0 Å². The summed E-state index contributed by atoms with van der Waals surface area (Å²) >= 11 is 0. The number of likely N-dealkylation sites (tertiary alicyclic amines) is 1. The molecule has 8 heteroatoms. The fourth-order valence-corrected chi connectivity index (χ4v) is 5.02. The first kappa shape index (κ1) is 19.8. The summed E-state index contributed by atoms with van der Waals surface area (Å²) in [7, 11) is 1.80. The van der Waals surface area contributed by atoms with Crippen LogP contribution in [0.1, 0.15) is 40.9 Å². The Bertz CT molecular complexity index is 768. The number of rotatable bonds is 5. The Kier molecular flexibility index (Phi) is 5.83. The quantitative estimate of drug-likeness (QED) is 0.813. The van der Waals surface area contributed by atoms with Crippen LogP contribution in [0.25, 0.3) is 0 Å². The number of primary amides is 1. The lowest BCUT2D eigenvalue weighted by molar-refractivity contribution is -0.170. The van der Waals surface area contributed by atoms with Crippen LogP contribution in [0.15, 0.2) is 30.5 Å². The van der Waals surface area contributed by atoms with Gasteiger partial charge in [-0.05, 0) is 30.5 Å². The smallest absolute Gasteiger partial charge is 0.248 e. The van der Waals surface area contributed by atoms with Gasteiger partial charge in [0.05, 0.1) is 11.9 Å². The summed E-state index contributed by atoms with van der Waals surface area (Å²) in [5.74, 6) is 0.344. The number of H-pyrrole nitrogens is 1. The zero-order valence-corrected chi connectivity index (χ0v) is 16.2. The Labute approximate surface area is 165 Å². The van der Waals surface area contributed by atoms with E-state index in [9.17, 15) is 4.79 Å². The lowest BCUT2D eigenvalue weighted by atomic mass is 9.62. The molecule has 2 fully saturated rings. The highest BCUT2D eigenvalue weighted by molar-refractivity contribution is 5.92. The maximum Gasteiger partial charge on any atom is 0.248 e. The Morgan fingerprint density at radius 3 is 2.70 bits per heavy atom. The van der Waals surface area contributed by atoms with E-state index in [0.717, 1.165) is 43.7 Å². The van der Waals surface area contributed by atoms with E-state index < -0.39 is 5.91 Å². The second kappa shape index (κ2) is 7.96. The maximum absolute atomic E-state index is 11.7. The summed E-state index contributed by atoms with van der Waals surface area (Å²) in [6.45, 7) is 2.68. The number of aromatic nitrogens is 3. The molecule has 1 aromatic carbocycles. The summed E-state index contributed by atoms with van der Waals surface area (Å²) in [6, 6.07) is 7.68. The number of ether oxygens (including phenoxy) is 1. The standard InChI is InChI=1S/C19H25N5O2.ClH/c1-26-19(14-5-2-4-13(8-14)18(20)25)15-6-3-7-16(19)11-24(10-15)12-17-9-21-23-22-17;/h2,4-5,8-9,15-16H,3,6-7,10-12H2,1H3,(H2,20,25)(H,21,22,23);1H/t15-,16+,19?;. The van der Waals surface area contributed by atoms with E-state index in [1.165, 1.54) is 6.42 Å². The molecule has 2 bridgehead atoms. The lowest BCUT2D eigenvalue weighted by Crippen LogP contribution is -2.58. The molecule has 2 heterocycles. The van der Waals surface area contributed by atoms with Gasteiger partial charge in [-0.3, -0.25) is 9.69 Å². The molecule has 27 heavy (non-hydrogen) atoms. The van der Waals surface area contributed by atoms with Gasteiger partial charge in [-0.1, -0.05) is 18.6 Å². The van der Waals surface area contributed by atoms with Crippen molar-refractivity contribution >= 4 is 18.3 Å². The second-order valence-corrected chi connectivity index (χ2v) is 7.42. The minimum Gasteiger partial charge on any atom is -0.373 e. The third-order valence-electron chi connectivity index (χ3n) is 6.06. The Morgan fingerprint density at radius 1 is 1.37 bits per heavy atom. The van der Waals surface area contributed by atoms with Gasteiger partial charge in [0.1, 0.15) is 5.60 Å². The molecule has 1 aliphatic carbocycles. The predicted molar refractivity (Wildman–Crippen MR) is 103 cm³/mol. The average molecular weight is 392 g/mol. The van der Waals surface area contributed by atoms with Crippen LogP contribution in [0, 0.1) is 11.8 Å². The van der Waals surface area contributed by atoms with Crippen LogP contribution in [-0.4, -0.2) is 46.4 Å². The number of nitrogens with zero attached hydrogens (tertiary/aromatic N) is 3. The molecule has 3 N–H and O–H groups in total. The van der Waals surface area contributed by atoms with Crippen molar-refractivity contribution in [3.05, 3.63) is 47.3 Å². The molecule has 1 saturated carbocycles. The van der Waals surface area contributed by atoms with Crippen LogP contribution < -0.4 is 5.73 Å². The van der Waals surface area contributed by atoms with Crippen molar-refractivity contribution in [2.24, 2.45) is 17.6 Å². The van der Waals surface area contributed by atoms with Crippen LogP contribution in [-0.2, 0) is 16.9 Å². The van der Waals surface area contributed by atoms with Gasteiger partial charge in [0, 0.05) is 44.1 Å². The van der Waals surface area contributed by atoms with Crippen molar-refractivity contribution in [1.29, 1.82) is 0 Å². The molecule has 0 spiro atoms. The SMILES string of the molecule is COC1(c2cccc(C(N)=O)c2)[C@@H]2CCC[C@H]1CN(Cc1cn[nH]n1)C2.Cl. The third-order valence-corrected chi connectivity index (χ3v) is 6.06. The average Bonchev–Trinajstić information content (AvgIpc) is 3.14. The maximum atomic E-state index is 11.7. The number of carbonyl (C=O) groups excluding carboxylic acids is 1. The fourth-order valence-electron chi connectivity index (χ4n) is 5.02. The largest absolute Gasteiger partial charge is 0.373 e. The zero-order valence-electron chi connectivity index (χ0n) is 15.4. The van der Waals surface area contributed by atoms with Gasteiger partial charge < -0.3 is 10.5 Å². The number of fused-ring (bicyclic) bond motifs is 2. The minimum absolute atomic E-state index is 0. The molecule has 1 saturated heterocycles. The van der Waals surface area contributed by atoms with Gasteiger partial charge >= 0.3 is 0 Å². The minimum atomic E-state index is -0.397. The molecule has 0 radical (unpaired) electrons. The van der Waals surface area contributed by atoms with Gasteiger partial charge in [0.15, 0.2) is 0 Å². The van der Waals surface area contributed by atoms with Gasteiger partial charge in [-0.25, -0.2) is 0 Å². The molecular formula is C19H26ClN5O2. The van der Waals surface area contributed by atoms with Gasteiger partial charge in [-0.15, -0.1) is 12.4 Å². The normalized spacial score (nSPS) is 27.7. The first-order valence-corrected chi connectivity index (χ1v) is 9.16. The van der Waals surface area contributed by atoms with E-state index in [1.807, 2.05) is 12.1 Å². The van der Waals surface area contributed by atoms with Crippen molar-refractivity contribution in [2.75, 3.05) is 20.2 Å². The van der Waals surface area contributed by atoms with Gasteiger partial charge in [0.2, 0.25) is 5.91 Å².